The van der Waals surface area contributed by atoms with Crippen LogP contribution in [0.1, 0.15) is 58.3 Å². The van der Waals surface area contributed by atoms with Crippen molar-refractivity contribution in [2.45, 2.75) is 64.4 Å². The lowest BCUT2D eigenvalue weighted by molar-refractivity contribution is -0.174. The Morgan fingerprint density at radius 2 is 1.94 bits per heavy atom. The van der Waals surface area contributed by atoms with Crippen LogP contribution in [-0.4, -0.2) is 59.9 Å². The van der Waals surface area contributed by atoms with Crippen LogP contribution in [0.4, 0.5) is 0 Å². The van der Waals surface area contributed by atoms with E-state index in [1.165, 1.54) is 0 Å². The molecule has 1 heterocycles. The molecule has 4 saturated carbocycles. The van der Waals surface area contributed by atoms with Crippen molar-refractivity contribution in [1.82, 2.24) is 5.32 Å². The molecule has 8 unspecified atom stereocenters. The molecule has 3 N–H and O–H groups in total. The average Bonchev–Trinajstić information content (AvgIpc) is 3.40. The molecule has 0 radical (unpaired) electrons. The van der Waals surface area contributed by atoms with Crippen molar-refractivity contribution in [2.24, 2.45) is 45.6 Å². The maximum atomic E-state index is 13.7. The molecule has 0 bridgehead atoms. The fourth-order valence-electron chi connectivity index (χ4n) is 8.01. The first-order valence-corrected chi connectivity index (χ1v) is 12.2. The number of hydrogen-bond acceptors (Lipinski definition) is 7. The summed E-state index contributed by atoms with van der Waals surface area (Å²) in [7, 11) is 0. The average molecular weight is 433 g/mol. The molecule has 1 aliphatic heterocycles. The standard InChI is InChI=1S/C24H36N2O5/c1-23-7-5-18-21(17(23)2-3-20(23)29)22(30)16(12-27)19-10-14(4-8-24(18,19)13-28)26-31-15-6-9-25-11-15/h15-19,21,25,27-28H,2-13H2,1H3. The molecule has 0 amide bonds. The van der Waals surface area contributed by atoms with Gasteiger partial charge in [-0.3, -0.25) is 9.59 Å². The van der Waals surface area contributed by atoms with E-state index in [1.807, 2.05) is 6.92 Å². The minimum absolute atomic E-state index is 0.0284. The molecule has 0 aromatic heterocycles. The lowest BCUT2D eigenvalue weighted by Crippen LogP contribution is -2.63. The van der Waals surface area contributed by atoms with E-state index in [4.69, 9.17) is 4.84 Å². The van der Waals surface area contributed by atoms with Gasteiger partial charge >= 0.3 is 0 Å². The van der Waals surface area contributed by atoms with E-state index in [9.17, 15) is 19.8 Å². The summed E-state index contributed by atoms with van der Waals surface area (Å²) >= 11 is 0. The second kappa shape index (κ2) is 7.92. The molecule has 5 aliphatic rings. The number of ketones is 2. The first-order valence-electron chi connectivity index (χ1n) is 12.2. The Morgan fingerprint density at radius 1 is 1.10 bits per heavy atom. The van der Waals surface area contributed by atoms with Crippen molar-refractivity contribution in [2.75, 3.05) is 26.3 Å². The highest BCUT2D eigenvalue weighted by Gasteiger charge is 2.66. The highest BCUT2D eigenvalue weighted by molar-refractivity contribution is 5.93. The zero-order chi connectivity index (χ0) is 21.8. The number of carbonyl (C=O) groups excluding carboxylic acids is 2. The first kappa shape index (κ1) is 21.5. The van der Waals surface area contributed by atoms with E-state index in [-0.39, 0.29) is 54.2 Å². The third kappa shape index (κ3) is 3.14. The van der Waals surface area contributed by atoms with Crippen LogP contribution in [0.15, 0.2) is 5.16 Å². The number of carbonyl (C=O) groups is 2. The Hall–Kier alpha value is -1.31. The van der Waals surface area contributed by atoms with Crippen molar-refractivity contribution >= 4 is 17.3 Å². The zero-order valence-electron chi connectivity index (χ0n) is 18.5. The van der Waals surface area contributed by atoms with Crippen molar-refractivity contribution in [3.05, 3.63) is 0 Å². The number of aliphatic hydroxyl groups excluding tert-OH is 2. The Labute approximate surface area is 184 Å². The van der Waals surface area contributed by atoms with E-state index in [0.29, 0.717) is 18.6 Å². The number of nitrogens with zero attached hydrogens (tertiary/aromatic N) is 1. The van der Waals surface area contributed by atoms with Gasteiger partial charge in [0.25, 0.3) is 0 Å². The lowest BCUT2D eigenvalue weighted by Gasteiger charge is -2.61. The lowest BCUT2D eigenvalue weighted by atomic mass is 9.42. The molecule has 5 fully saturated rings. The summed E-state index contributed by atoms with van der Waals surface area (Å²) in [6.45, 7) is 3.62. The molecule has 0 aromatic rings. The van der Waals surface area contributed by atoms with Crippen molar-refractivity contribution < 1.29 is 24.6 Å². The highest BCUT2D eigenvalue weighted by Crippen LogP contribution is 2.65. The number of oxime groups is 1. The van der Waals surface area contributed by atoms with Gasteiger partial charge in [-0.25, -0.2) is 0 Å². The summed E-state index contributed by atoms with van der Waals surface area (Å²) in [5, 5.41) is 28.7. The molecular formula is C24H36N2O5. The van der Waals surface area contributed by atoms with Crippen molar-refractivity contribution in [1.29, 1.82) is 0 Å². The molecule has 1 saturated heterocycles. The van der Waals surface area contributed by atoms with E-state index in [0.717, 1.165) is 57.3 Å². The van der Waals surface area contributed by atoms with Gasteiger partial charge in [0, 0.05) is 48.7 Å². The minimum atomic E-state index is -0.495. The van der Waals surface area contributed by atoms with Gasteiger partial charge in [0.05, 0.1) is 12.3 Å². The smallest absolute Gasteiger partial charge is 0.142 e. The quantitative estimate of drug-likeness (QED) is 0.584. The molecule has 7 heteroatoms. The number of rotatable bonds is 4. The summed E-state index contributed by atoms with van der Waals surface area (Å²) < 4.78 is 0. The van der Waals surface area contributed by atoms with Gasteiger partial charge in [-0.2, -0.15) is 0 Å². The van der Waals surface area contributed by atoms with E-state index in [2.05, 4.69) is 10.5 Å². The van der Waals surface area contributed by atoms with Crippen molar-refractivity contribution in [3.8, 4) is 0 Å². The van der Waals surface area contributed by atoms with Gasteiger partial charge in [0.2, 0.25) is 0 Å². The second-order valence-corrected chi connectivity index (χ2v) is 10.9. The van der Waals surface area contributed by atoms with Gasteiger partial charge in [0.1, 0.15) is 17.7 Å². The summed E-state index contributed by atoms with van der Waals surface area (Å²) in [6.07, 6.45) is 6.10. The van der Waals surface area contributed by atoms with Gasteiger partial charge in [-0.15, -0.1) is 0 Å². The van der Waals surface area contributed by atoms with Crippen LogP contribution >= 0.6 is 0 Å². The Kier molecular flexibility index (Phi) is 5.50. The van der Waals surface area contributed by atoms with Crippen LogP contribution < -0.4 is 5.32 Å². The van der Waals surface area contributed by atoms with Gasteiger partial charge in [-0.05, 0) is 62.8 Å². The van der Waals surface area contributed by atoms with Crippen LogP contribution in [0.2, 0.25) is 0 Å². The molecule has 8 atom stereocenters. The maximum absolute atomic E-state index is 13.7. The number of aliphatic hydroxyl groups is 2. The molecule has 0 aromatic carbocycles. The first-order chi connectivity index (χ1) is 14.9. The predicted molar refractivity (Wildman–Crippen MR) is 114 cm³/mol. The molecule has 0 spiro atoms. The van der Waals surface area contributed by atoms with E-state index < -0.39 is 11.3 Å². The van der Waals surface area contributed by atoms with Gasteiger partial charge in [0.15, 0.2) is 0 Å². The Balaban J connectivity index is 1.45. The molecule has 5 rings (SSSR count). The fourth-order valence-corrected chi connectivity index (χ4v) is 8.01. The summed E-state index contributed by atoms with van der Waals surface area (Å²) in [4.78, 5) is 32.2. The van der Waals surface area contributed by atoms with Gasteiger partial charge in [-0.1, -0.05) is 12.1 Å². The summed E-state index contributed by atoms with van der Waals surface area (Å²) in [6, 6.07) is 0. The molecule has 31 heavy (non-hydrogen) atoms. The van der Waals surface area contributed by atoms with Crippen LogP contribution in [0.5, 0.6) is 0 Å². The number of fused-ring (bicyclic) bond motifs is 5. The predicted octanol–water partition coefficient (Wildman–Crippen LogP) is 1.70. The minimum Gasteiger partial charge on any atom is -0.396 e. The van der Waals surface area contributed by atoms with E-state index >= 15 is 0 Å². The van der Waals surface area contributed by atoms with Crippen molar-refractivity contribution in [3.63, 3.8) is 0 Å². The number of nitrogens with one attached hydrogen (secondary N) is 1. The third-order valence-corrected chi connectivity index (χ3v) is 9.81. The van der Waals surface area contributed by atoms with Crippen LogP contribution in [0, 0.1) is 40.4 Å². The topological polar surface area (TPSA) is 108 Å². The molecular weight excluding hydrogens is 396 g/mol. The van der Waals surface area contributed by atoms with Crippen LogP contribution in [0.3, 0.4) is 0 Å². The maximum Gasteiger partial charge on any atom is 0.142 e. The van der Waals surface area contributed by atoms with Crippen LogP contribution in [-0.2, 0) is 14.4 Å². The summed E-state index contributed by atoms with van der Waals surface area (Å²) in [5.41, 5.74) is 0.153. The molecule has 172 valence electrons. The van der Waals surface area contributed by atoms with Crippen LogP contribution in [0.25, 0.3) is 0 Å². The normalized spacial score (nSPS) is 48.4. The van der Waals surface area contributed by atoms with Gasteiger partial charge < -0.3 is 20.4 Å². The fraction of sp³-hybridized carbons (Fsp3) is 0.875. The van der Waals surface area contributed by atoms with E-state index in [1.54, 1.807) is 0 Å². The largest absolute Gasteiger partial charge is 0.396 e. The zero-order valence-corrected chi connectivity index (χ0v) is 18.5. The SMILES string of the molecule is CC12CCC3C(C(=O)C(CO)C4CC(=NOC5CCNC5)CCC43CO)C1CCC2=O. The molecule has 4 aliphatic carbocycles. The number of Topliss-reactive ketones (excluding diaryl/α,β-unsaturated/α-hetero) is 2. The second-order valence-electron chi connectivity index (χ2n) is 10.9. The Morgan fingerprint density at radius 3 is 2.65 bits per heavy atom. The summed E-state index contributed by atoms with van der Waals surface area (Å²) in [5.74, 6) is -0.276. The monoisotopic (exact) mass is 432 g/mol. The molecule has 7 nitrogen and oxygen atoms in total. The highest BCUT2D eigenvalue weighted by atomic mass is 16.6. The third-order valence-electron chi connectivity index (χ3n) is 9.81. The number of hydrogen-bond donors (Lipinski definition) is 3. The Bertz CT molecular complexity index is 778.